The van der Waals surface area contributed by atoms with Crippen LogP contribution in [0.25, 0.3) is 0 Å². The summed E-state index contributed by atoms with van der Waals surface area (Å²) in [7, 11) is -3.15. The average molecular weight is 170 g/mol. The van der Waals surface area contributed by atoms with Crippen LogP contribution in [0.4, 0.5) is 0 Å². The minimum atomic E-state index is -4.18. The molecule has 0 saturated heterocycles. The van der Waals surface area contributed by atoms with E-state index < -0.39 is 10.4 Å². The molecule has 0 saturated carbocycles. The van der Waals surface area contributed by atoms with E-state index in [1.165, 1.54) is 0 Å². The molecule has 0 aromatic heterocycles. The first-order valence-electron chi connectivity index (χ1n) is 2.68. The van der Waals surface area contributed by atoms with Crippen molar-refractivity contribution in [1.29, 1.82) is 0 Å². The molecule has 0 heterocycles. The van der Waals surface area contributed by atoms with Crippen molar-refractivity contribution in [2.45, 2.75) is 12.5 Å². The van der Waals surface area contributed by atoms with Gasteiger partial charge in [0.2, 0.25) is 0 Å². The molecule has 4 nitrogen and oxygen atoms in total. The van der Waals surface area contributed by atoms with Crippen molar-refractivity contribution in [1.82, 2.24) is 0 Å². The van der Waals surface area contributed by atoms with Gasteiger partial charge in [-0.2, -0.15) is 8.42 Å². The summed E-state index contributed by atoms with van der Waals surface area (Å²) in [5.74, 6) is 0. The van der Waals surface area contributed by atoms with Gasteiger partial charge in [-0.25, -0.2) is 4.18 Å². The van der Waals surface area contributed by atoms with Gasteiger partial charge in [-0.1, -0.05) is 6.04 Å². The highest BCUT2D eigenvalue weighted by atomic mass is 32.3. The Morgan fingerprint density at radius 2 is 2.11 bits per heavy atom. The molecule has 0 aliphatic carbocycles. The lowest BCUT2D eigenvalue weighted by Gasteiger charge is -1.94. The summed E-state index contributed by atoms with van der Waals surface area (Å²) in [6.45, 7) is 0.0995. The number of rotatable bonds is 4. The van der Waals surface area contributed by atoms with Gasteiger partial charge >= 0.3 is 10.4 Å². The largest absolute Gasteiger partial charge is 0.397 e. The second-order valence-electron chi connectivity index (χ2n) is 1.60. The Kier molecular flexibility index (Phi) is 4.03. The van der Waals surface area contributed by atoms with Crippen molar-refractivity contribution in [3.8, 4) is 0 Å². The van der Waals surface area contributed by atoms with Gasteiger partial charge in [-0.15, -0.1) is 0 Å². The average Bonchev–Trinajstić information content (AvgIpc) is 1.63. The Morgan fingerprint density at radius 1 is 1.56 bits per heavy atom. The molecule has 0 radical (unpaired) electrons. The molecular formula is C3H10O4SSi. The molecule has 0 rings (SSSR count). The lowest BCUT2D eigenvalue weighted by molar-refractivity contribution is 0.269. The molecule has 0 aliphatic heterocycles. The van der Waals surface area contributed by atoms with Crippen LogP contribution < -0.4 is 0 Å². The SMILES string of the molecule is O=S(=O)(O)OCCC[SiH3]. The first-order chi connectivity index (χ1) is 4.06. The van der Waals surface area contributed by atoms with E-state index in [4.69, 9.17) is 4.55 Å². The molecule has 0 aromatic rings. The van der Waals surface area contributed by atoms with Crippen molar-refractivity contribution in [3.63, 3.8) is 0 Å². The topological polar surface area (TPSA) is 63.6 Å². The van der Waals surface area contributed by atoms with Crippen LogP contribution in [0.1, 0.15) is 6.42 Å². The fourth-order valence-electron chi connectivity index (χ4n) is 0.309. The van der Waals surface area contributed by atoms with E-state index in [9.17, 15) is 8.42 Å². The van der Waals surface area contributed by atoms with Crippen LogP contribution in [-0.2, 0) is 14.6 Å². The molecule has 0 aliphatic rings. The van der Waals surface area contributed by atoms with Crippen LogP contribution in [0, 0.1) is 0 Å². The predicted molar refractivity (Wildman–Crippen MR) is 36.9 cm³/mol. The summed E-state index contributed by atoms with van der Waals surface area (Å²) in [6.07, 6.45) is 0.700. The van der Waals surface area contributed by atoms with Gasteiger partial charge < -0.3 is 0 Å². The van der Waals surface area contributed by atoms with Crippen molar-refractivity contribution in [3.05, 3.63) is 0 Å². The summed E-state index contributed by atoms with van der Waals surface area (Å²) in [5.41, 5.74) is 0. The lowest BCUT2D eigenvalue weighted by Crippen LogP contribution is -2.04. The van der Waals surface area contributed by atoms with Crippen LogP contribution in [-0.4, -0.2) is 29.8 Å². The van der Waals surface area contributed by atoms with Crippen molar-refractivity contribution >= 4 is 20.6 Å². The van der Waals surface area contributed by atoms with E-state index in [0.29, 0.717) is 6.42 Å². The fraction of sp³-hybridized carbons (Fsp3) is 1.00. The molecule has 0 fully saturated rings. The van der Waals surface area contributed by atoms with Crippen LogP contribution in [0.3, 0.4) is 0 Å². The summed E-state index contributed by atoms with van der Waals surface area (Å²) in [6, 6.07) is 0.982. The Morgan fingerprint density at radius 3 is 2.44 bits per heavy atom. The zero-order chi connectivity index (χ0) is 7.33. The predicted octanol–water partition coefficient (Wildman–Crippen LogP) is -1.02. The van der Waals surface area contributed by atoms with Crippen LogP contribution >= 0.6 is 0 Å². The molecule has 0 amide bonds. The first-order valence-corrected chi connectivity index (χ1v) is 5.46. The molecule has 0 unspecified atom stereocenters. The van der Waals surface area contributed by atoms with E-state index in [1.807, 2.05) is 0 Å². The van der Waals surface area contributed by atoms with E-state index >= 15 is 0 Å². The summed E-state index contributed by atoms with van der Waals surface area (Å²) >= 11 is 0. The third-order valence-electron chi connectivity index (χ3n) is 0.730. The maximum atomic E-state index is 9.85. The van der Waals surface area contributed by atoms with Gasteiger partial charge in [0, 0.05) is 10.2 Å². The lowest BCUT2D eigenvalue weighted by atomic mass is 10.5. The van der Waals surface area contributed by atoms with Crippen LogP contribution in [0.2, 0.25) is 6.04 Å². The van der Waals surface area contributed by atoms with Gasteiger partial charge in [0.25, 0.3) is 0 Å². The van der Waals surface area contributed by atoms with Crippen LogP contribution in [0.15, 0.2) is 0 Å². The van der Waals surface area contributed by atoms with E-state index in [-0.39, 0.29) is 6.61 Å². The zero-order valence-electron chi connectivity index (χ0n) is 5.20. The summed E-state index contributed by atoms with van der Waals surface area (Å²) < 4.78 is 31.7. The van der Waals surface area contributed by atoms with Gasteiger partial charge in [0.05, 0.1) is 6.61 Å². The smallest absolute Gasteiger partial charge is 0.264 e. The highest BCUT2D eigenvalue weighted by Gasteiger charge is 2.00. The normalized spacial score (nSPS) is 12.1. The molecule has 0 aromatic carbocycles. The summed E-state index contributed by atoms with van der Waals surface area (Å²) in [5, 5.41) is 0. The molecule has 1 N–H and O–H groups in total. The maximum Gasteiger partial charge on any atom is 0.397 e. The first kappa shape index (κ1) is 9.09. The van der Waals surface area contributed by atoms with Crippen molar-refractivity contribution < 1.29 is 17.2 Å². The minimum absolute atomic E-state index is 0.0995. The Hall–Kier alpha value is 0.0869. The molecule has 6 heteroatoms. The Balaban J connectivity index is 3.30. The van der Waals surface area contributed by atoms with Gasteiger partial charge in [0.15, 0.2) is 0 Å². The quantitative estimate of drug-likeness (QED) is 0.333. The van der Waals surface area contributed by atoms with Gasteiger partial charge in [-0.3, -0.25) is 4.55 Å². The maximum absolute atomic E-state index is 9.85. The monoisotopic (exact) mass is 170 g/mol. The summed E-state index contributed by atoms with van der Waals surface area (Å²) in [4.78, 5) is 0. The van der Waals surface area contributed by atoms with Gasteiger partial charge in [0.1, 0.15) is 0 Å². The molecular weight excluding hydrogens is 160 g/mol. The number of hydrogen-bond donors (Lipinski definition) is 1. The van der Waals surface area contributed by atoms with Crippen LogP contribution in [0.5, 0.6) is 0 Å². The second-order valence-corrected chi connectivity index (χ2v) is 3.69. The highest BCUT2D eigenvalue weighted by molar-refractivity contribution is 7.80. The minimum Gasteiger partial charge on any atom is -0.264 e. The van der Waals surface area contributed by atoms with E-state index in [0.717, 1.165) is 16.3 Å². The third kappa shape index (κ3) is 8.09. The highest BCUT2D eigenvalue weighted by Crippen LogP contribution is 1.90. The second kappa shape index (κ2) is 3.99. The third-order valence-corrected chi connectivity index (χ3v) is 1.90. The van der Waals surface area contributed by atoms with Crippen molar-refractivity contribution in [2.75, 3.05) is 6.61 Å². The Bertz CT molecular complexity index is 151. The van der Waals surface area contributed by atoms with Crippen molar-refractivity contribution in [2.24, 2.45) is 0 Å². The fourth-order valence-corrected chi connectivity index (χ4v) is 0.926. The standard InChI is InChI=1S/C3H10O4SSi/c4-8(5,6)7-2-1-3-9/h1-3H2,9H3,(H,4,5,6). The van der Waals surface area contributed by atoms with E-state index in [1.54, 1.807) is 0 Å². The number of hydrogen-bond acceptors (Lipinski definition) is 3. The molecule has 9 heavy (non-hydrogen) atoms. The molecule has 0 spiro atoms. The molecule has 0 atom stereocenters. The van der Waals surface area contributed by atoms with Gasteiger partial charge in [-0.05, 0) is 6.42 Å². The molecule has 0 bridgehead atoms. The molecule has 56 valence electrons. The Labute approximate surface area is 57.6 Å². The van der Waals surface area contributed by atoms with E-state index in [2.05, 4.69) is 4.18 Å². The zero-order valence-corrected chi connectivity index (χ0v) is 8.02.